The number of carbonyl (C=O) groups is 2. The van der Waals surface area contributed by atoms with Crippen LogP contribution in [-0.4, -0.2) is 55.1 Å². The molecule has 1 atom stereocenters. The summed E-state index contributed by atoms with van der Waals surface area (Å²) in [6.07, 6.45) is -0.934. The fourth-order valence-corrected chi connectivity index (χ4v) is 1.29. The van der Waals surface area contributed by atoms with Gasteiger partial charge in [-0.2, -0.15) is 0 Å². The summed E-state index contributed by atoms with van der Waals surface area (Å²) >= 11 is 0. The molecule has 116 valence electrons. The number of amides is 1. The van der Waals surface area contributed by atoms with Crippen molar-refractivity contribution >= 4 is 17.8 Å². The lowest BCUT2D eigenvalue weighted by Crippen LogP contribution is -2.35. The maximum Gasteiger partial charge on any atom is 0.222 e. The van der Waals surface area contributed by atoms with Crippen LogP contribution in [0.2, 0.25) is 0 Å². The van der Waals surface area contributed by atoms with Crippen molar-refractivity contribution in [3.63, 3.8) is 0 Å². The molecule has 0 rings (SSSR count). The van der Waals surface area contributed by atoms with Gasteiger partial charge in [0.05, 0.1) is 0 Å². The Morgan fingerprint density at radius 2 is 1.90 bits per heavy atom. The Morgan fingerprint density at radius 3 is 2.30 bits per heavy atom. The molecular formula is C13H22FN2O4-. The number of hydrogen-bond acceptors (Lipinski definition) is 5. The number of ketones is 1. The lowest BCUT2D eigenvalue weighted by molar-refractivity contribution is -0.261. The number of hydrogen-bond donors (Lipinski definition) is 0. The van der Waals surface area contributed by atoms with E-state index in [1.165, 1.54) is 4.90 Å². The highest BCUT2D eigenvalue weighted by Gasteiger charge is 2.19. The molecular weight excluding hydrogens is 267 g/mol. The molecule has 0 heterocycles. The minimum absolute atomic E-state index is 0.00963. The third-order valence-electron chi connectivity index (χ3n) is 2.29. The highest BCUT2D eigenvalue weighted by atomic mass is 19.1. The van der Waals surface area contributed by atoms with Gasteiger partial charge >= 0.3 is 0 Å². The lowest BCUT2D eigenvalue weighted by atomic mass is 10.1. The molecule has 0 bridgehead atoms. The highest BCUT2D eigenvalue weighted by Crippen LogP contribution is 2.10. The molecule has 0 fully saturated rings. The molecule has 0 aliphatic heterocycles. The van der Waals surface area contributed by atoms with E-state index in [0.717, 1.165) is 0 Å². The van der Waals surface area contributed by atoms with Gasteiger partial charge in [-0.15, -0.1) is 0 Å². The van der Waals surface area contributed by atoms with Crippen molar-refractivity contribution in [3.05, 3.63) is 0 Å². The molecule has 0 saturated carbocycles. The molecule has 20 heavy (non-hydrogen) atoms. The van der Waals surface area contributed by atoms with Crippen LogP contribution in [0, 0.1) is 0 Å². The normalized spacial score (nSPS) is 13.8. The lowest BCUT2D eigenvalue weighted by Gasteiger charge is -2.30. The zero-order valence-corrected chi connectivity index (χ0v) is 12.6. The molecule has 0 aromatic carbocycles. The fraction of sp³-hybridized carbons (Fsp3) is 0.769. The second-order valence-corrected chi connectivity index (χ2v) is 5.55. The van der Waals surface area contributed by atoms with E-state index in [2.05, 4.69) is 4.99 Å². The van der Waals surface area contributed by atoms with Gasteiger partial charge in [0.25, 0.3) is 0 Å². The second-order valence-electron chi connectivity index (χ2n) is 5.55. The summed E-state index contributed by atoms with van der Waals surface area (Å²) in [5, 5.41) is 11.5. The van der Waals surface area contributed by atoms with Crippen LogP contribution in [0.15, 0.2) is 4.99 Å². The minimum atomic E-state index is -1.23. The molecule has 0 aromatic heterocycles. The Labute approximate surface area is 118 Å². The van der Waals surface area contributed by atoms with Crippen LogP contribution >= 0.6 is 0 Å². The average molecular weight is 289 g/mol. The van der Waals surface area contributed by atoms with Gasteiger partial charge in [0, 0.05) is 26.1 Å². The molecule has 0 aliphatic carbocycles. The minimum Gasteiger partial charge on any atom is -0.595 e. The Bertz CT molecular complexity index is 375. The predicted molar refractivity (Wildman–Crippen MR) is 71.0 cm³/mol. The predicted octanol–water partition coefficient (Wildman–Crippen LogP) is 0.293. The fourth-order valence-electron chi connectivity index (χ4n) is 1.29. The first-order chi connectivity index (χ1) is 9.06. The van der Waals surface area contributed by atoms with E-state index in [-0.39, 0.29) is 18.7 Å². The van der Waals surface area contributed by atoms with Gasteiger partial charge in [0.1, 0.15) is 18.8 Å². The van der Waals surface area contributed by atoms with Crippen LogP contribution in [-0.2, 0) is 14.3 Å². The second kappa shape index (κ2) is 7.81. The summed E-state index contributed by atoms with van der Waals surface area (Å²) in [4.78, 5) is 27.7. The summed E-state index contributed by atoms with van der Waals surface area (Å²) in [5.74, 6) is -1.05. The van der Waals surface area contributed by atoms with Crippen molar-refractivity contribution in [1.82, 2.24) is 4.90 Å². The first-order valence-electron chi connectivity index (χ1n) is 6.29. The van der Waals surface area contributed by atoms with E-state index in [0.29, 0.717) is 0 Å². The molecule has 1 amide bonds. The first kappa shape index (κ1) is 18.3. The number of halogens is 1. The molecule has 0 aromatic rings. The van der Waals surface area contributed by atoms with Crippen molar-refractivity contribution in [3.8, 4) is 0 Å². The topological polar surface area (TPSA) is 82.0 Å². The quantitative estimate of drug-likeness (QED) is 0.520. The molecule has 6 nitrogen and oxygen atoms in total. The molecule has 0 unspecified atom stereocenters. The summed E-state index contributed by atoms with van der Waals surface area (Å²) < 4.78 is 17.4. The van der Waals surface area contributed by atoms with E-state index in [1.54, 1.807) is 34.9 Å². The van der Waals surface area contributed by atoms with Crippen molar-refractivity contribution in [2.45, 2.75) is 45.3 Å². The van der Waals surface area contributed by atoms with Crippen molar-refractivity contribution in [2.75, 3.05) is 20.8 Å². The van der Waals surface area contributed by atoms with Crippen LogP contribution < -0.4 is 5.11 Å². The van der Waals surface area contributed by atoms with Gasteiger partial charge in [-0.25, -0.2) is 4.39 Å². The monoisotopic (exact) mass is 289 g/mol. The molecule has 7 heteroatoms. The smallest absolute Gasteiger partial charge is 0.222 e. The van der Waals surface area contributed by atoms with E-state index >= 15 is 0 Å². The van der Waals surface area contributed by atoms with E-state index < -0.39 is 30.2 Å². The average Bonchev–Trinajstić information content (AvgIpc) is 2.30. The van der Waals surface area contributed by atoms with Gasteiger partial charge < -0.3 is 14.7 Å². The van der Waals surface area contributed by atoms with Crippen LogP contribution in [0.25, 0.3) is 0 Å². The maximum absolute atomic E-state index is 12.5. The number of rotatable bonds is 6. The number of aliphatic imine (C=N–C) groups is 1. The van der Waals surface area contributed by atoms with Crippen LogP contribution in [0.5, 0.6) is 0 Å². The summed E-state index contributed by atoms with van der Waals surface area (Å²) in [6.45, 7) is 3.74. The SMILES string of the molecule is CN(C)C(=O)CC[C@H](N=C([O-])OC(C)(C)C)C(=O)CF. The van der Waals surface area contributed by atoms with Crippen molar-refractivity contribution in [2.24, 2.45) is 4.99 Å². The van der Waals surface area contributed by atoms with Crippen LogP contribution in [0.3, 0.4) is 0 Å². The molecule has 0 saturated heterocycles. The summed E-state index contributed by atoms with van der Waals surface area (Å²) in [6, 6.07) is -1.18. The van der Waals surface area contributed by atoms with Gasteiger partial charge in [0.15, 0.2) is 5.78 Å². The Kier molecular flexibility index (Phi) is 7.17. The zero-order chi connectivity index (χ0) is 15.9. The maximum atomic E-state index is 12.5. The summed E-state index contributed by atoms with van der Waals surface area (Å²) in [5.41, 5.74) is -0.747. The molecule has 0 spiro atoms. The van der Waals surface area contributed by atoms with Gasteiger partial charge in [0.2, 0.25) is 5.91 Å². The van der Waals surface area contributed by atoms with Gasteiger partial charge in [-0.05, 0) is 6.42 Å². The van der Waals surface area contributed by atoms with Crippen LogP contribution in [0.4, 0.5) is 4.39 Å². The Morgan fingerprint density at radius 1 is 1.35 bits per heavy atom. The number of ether oxygens (including phenoxy) is 1. The van der Waals surface area contributed by atoms with Crippen molar-refractivity contribution < 1.29 is 23.8 Å². The summed E-state index contributed by atoms with van der Waals surface area (Å²) in [7, 11) is 3.14. The molecule has 0 radical (unpaired) electrons. The third-order valence-corrected chi connectivity index (χ3v) is 2.29. The Balaban J connectivity index is 4.77. The zero-order valence-electron chi connectivity index (χ0n) is 12.6. The van der Waals surface area contributed by atoms with E-state index in [1.807, 2.05) is 0 Å². The number of nitrogens with zero attached hydrogens (tertiary/aromatic N) is 2. The third kappa shape index (κ3) is 7.70. The Hall–Kier alpha value is -1.66. The van der Waals surface area contributed by atoms with Crippen LogP contribution in [0.1, 0.15) is 33.6 Å². The van der Waals surface area contributed by atoms with E-state index in [4.69, 9.17) is 4.74 Å². The largest absolute Gasteiger partial charge is 0.595 e. The molecule has 0 aliphatic rings. The van der Waals surface area contributed by atoms with Gasteiger partial charge in [-0.3, -0.25) is 14.6 Å². The molecule has 0 N–H and O–H groups in total. The van der Waals surface area contributed by atoms with Gasteiger partial charge in [-0.1, -0.05) is 20.8 Å². The van der Waals surface area contributed by atoms with E-state index in [9.17, 15) is 19.1 Å². The standard InChI is InChI=1S/C13H23FN2O4/c1-13(2,3)20-12(19)15-9(10(17)8-14)6-7-11(18)16(4)5/h9H,6-8H2,1-5H3,(H,15,19)/p-1/t9-/m0/s1. The van der Waals surface area contributed by atoms with Crippen molar-refractivity contribution in [1.29, 1.82) is 0 Å². The number of Topliss-reactive ketones (excluding diaryl/α,β-unsaturated/α-hetero) is 1. The first-order valence-corrected chi connectivity index (χ1v) is 6.29. The highest BCUT2D eigenvalue weighted by molar-refractivity contribution is 5.87. The number of carbonyl (C=O) groups excluding carboxylic acids is 2. The number of alkyl halides is 1.